The Morgan fingerprint density at radius 2 is 2.10 bits per heavy atom. The third-order valence-corrected chi connectivity index (χ3v) is 7.23. The van der Waals surface area contributed by atoms with E-state index in [9.17, 15) is 13.5 Å². The summed E-state index contributed by atoms with van der Waals surface area (Å²) in [6, 6.07) is 3.34. The van der Waals surface area contributed by atoms with Crippen LogP contribution in [0.15, 0.2) is 21.7 Å². The minimum Gasteiger partial charge on any atom is -0.387 e. The number of ether oxygens (including phenoxy) is 1. The largest absolute Gasteiger partial charge is 0.387 e. The number of hydrogen-bond acceptors (Lipinski definition) is 6. The predicted molar refractivity (Wildman–Crippen MR) is 79.9 cm³/mol. The monoisotopic (exact) mass is 332 g/mol. The van der Waals surface area contributed by atoms with Crippen LogP contribution < -0.4 is 0 Å². The highest BCUT2D eigenvalue weighted by Gasteiger charge is 2.43. The van der Waals surface area contributed by atoms with Crippen molar-refractivity contribution in [3.05, 3.63) is 17.5 Å². The van der Waals surface area contributed by atoms with Crippen LogP contribution in [0.3, 0.4) is 0 Å². The van der Waals surface area contributed by atoms with Gasteiger partial charge in [0.05, 0.1) is 18.8 Å². The Balaban J connectivity index is 1.67. The van der Waals surface area contributed by atoms with Gasteiger partial charge >= 0.3 is 0 Å². The molecule has 3 rings (SSSR count). The second-order valence-electron chi connectivity index (χ2n) is 5.63. The fraction of sp³-hybridized carbons (Fsp3) is 0.692. The third-order valence-electron chi connectivity index (χ3n) is 4.01. The number of rotatable bonds is 4. The molecule has 2 aliphatic heterocycles. The van der Waals surface area contributed by atoms with E-state index >= 15 is 0 Å². The molecule has 0 spiro atoms. The molecule has 0 aliphatic carbocycles. The Labute approximate surface area is 129 Å². The minimum atomic E-state index is -3.46. The summed E-state index contributed by atoms with van der Waals surface area (Å²) in [6.07, 6.45) is 0.481. The van der Waals surface area contributed by atoms with E-state index in [1.165, 1.54) is 15.6 Å². The van der Waals surface area contributed by atoms with Crippen molar-refractivity contribution in [2.24, 2.45) is 0 Å². The molecule has 6 nitrogen and oxygen atoms in total. The fourth-order valence-corrected chi connectivity index (χ4v) is 5.53. The van der Waals surface area contributed by atoms with E-state index in [0.29, 0.717) is 36.9 Å². The van der Waals surface area contributed by atoms with Crippen molar-refractivity contribution in [1.29, 1.82) is 0 Å². The molecular weight excluding hydrogens is 312 g/mol. The normalized spacial score (nSPS) is 29.0. The number of aliphatic hydroxyl groups is 1. The molecule has 0 radical (unpaired) electrons. The smallest absolute Gasteiger partial charge is 0.252 e. The zero-order valence-electron chi connectivity index (χ0n) is 11.8. The average molecular weight is 332 g/mol. The molecule has 1 aromatic heterocycles. The Hall–Kier alpha value is -0.510. The SMILES string of the molecule is O=S(=O)(c1cccs1)N1CCC(O)(CN2CCOCC2)C1. The molecule has 2 aliphatic rings. The summed E-state index contributed by atoms with van der Waals surface area (Å²) in [5.74, 6) is 0. The van der Waals surface area contributed by atoms with E-state index in [-0.39, 0.29) is 6.54 Å². The van der Waals surface area contributed by atoms with Gasteiger partial charge in [-0.15, -0.1) is 11.3 Å². The fourth-order valence-electron chi connectivity index (χ4n) is 2.87. The number of hydrogen-bond donors (Lipinski definition) is 1. The number of β-amino-alcohol motifs (C(OH)–C–C–N with tert-alkyl or cyclic N) is 1. The highest BCUT2D eigenvalue weighted by Crippen LogP contribution is 2.29. The van der Waals surface area contributed by atoms with Crippen LogP contribution in [0.25, 0.3) is 0 Å². The van der Waals surface area contributed by atoms with Gasteiger partial charge in [0.2, 0.25) is 0 Å². The van der Waals surface area contributed by atoms with E-state index in [4.69, 9.17) is 4.74 Å². The molecule has 1 aromatic rings. The Morgan fingerprint density at radius 1 is 1.33 bits per heavy atom. The molecule has 1 unspecified atom stereocenters. The van der Waals surface area contributed by atoms with Crippen molar-refractivity contribution in [2.75, 3.05) is 45.9 Å². The molecule has 3 heterocycles. The lowest BCUT2D eigenvalue weighted by atomic mass is 10.0. The molecule has 0 aromatic carbocycles. The molecule has 1 N–H and O–H groups in total. The summed E-state index contributed by atoms with van der Waals surface area (Å²) in [7, 11) is -3.46. The lowest BCUT2D eigenvalue weighted by molar-refractivity contribution is -0.0239. The molecule has 0 bridgehead atoms. The van der Waals surface area contributed by atoms with Crippen LogP contribution in [0.1, 0.15) is 6.42 Å². The van der Waals surface area contributed by atoms with E-state index in [2.05, 4.69) is 4.90 Å². The highest BCUT2D eigenvalue weighted by atomic mass is 32.2. The van der Waals surface area contributed by atoms with Crippen molar-refractivity contribution >= 4 is 21.4 Å². The molecule has 1 atom stereocenters. The first-order valence-corrected chi connectivity index (χ1v) is 9.38. The molecule has 0 amide bonds. The molecule has 21 heavy (non-hydrogen) atoms. The first-order chi connectivity index (χ1) is 10.00. The quantitative estimate of drug-likeness (QED) is 0.853. The van der Waals surface area contributed by atoms with Gasteiger partial charge in [0.15, 0.2) is 0 Å². The summed E-state index contributed by atoms with van der Waals surface area (Å²) < 4.78 is 32.0. The van der Waals surface area contributed by atoms with E-state index in [0.717, 1.165) is 13.1 Å². The van der Waals surface area contributed by atoms with E-state index in [1.54, 1.807) is 17.5 Å². The highest BCUT2D eigenvalue weighted by molar-refractivity contribution is 7.91. The topological polar surface area (TPSA) is 70.1 Å². The summed E-state index contributed by atoms with van der Waals surface area (Å²) in [6.45, 7) is 3.99. The van der Waals surface area contributed by atoms with Crippen molar-refractivity contribution in [3.63, 3.8) is 0 Å². The standard InChI is InChI=1S/C13H20N2O4S2/c16-13(10-14-5-7-19-8-6-14)3-4-15(11-13)21(17,18)12-2-1-9-20-12/h1-2,9,16H,3-8,10-11H2. The lowest BCUT2D eigenvalue weighted by Crippen LogP contribution is -2.49. The number of thiophene rings is 1. The van der Waals surface area contributed by atoms with E-state index in [1.807, 2.05) is 0 Å². The number of morpholine rings is 1. The van der Waals surface area contributed by atoms with Gasteiger partial charge in [-0.25, -0.2) is 8.42 Å². The minimum absolute atomic E-state index is 0.171. The maximum absolute atomic E-state index is 12.5. The van der Waals surface area contributed by atoms with Crippen LogP contribution in [0.5, 0.6) is 0 Å². The van der Waals surface area contributed by atoms with Crippen molar-refractivity contribution in [3.8, 4) is 0 Å². The molecule has 2 fully saturated rings. The average Bonchev–Trinajstić information content (AvgIpc) is 3.10. The molecule has 118 valence electrons. The second kappa shape index (κ2) is 5.94. The Morgan fingerprint density at radius 3 is 2.76 bits per heavy atom. The Kier molecular flexibility index (Phi) is 4.35. The zero-order valence-corrected chi connectivity index (χ0v) is 13.4. The third kappa shape index (κ3) is 3.30. The number of nitrogens with zero attached hydrogens (tertiary/aromatic N) is 2. The van der Waals surface area contributed by atoms with Gasteiger partial charge in [0.1, 0.15) is 4.21 Å². The van der Waals surface area contributed by atoms with Crippen molar-refractivity contribution < 1.29 is 18.3 Å². The number of sulfonamides is 1. The maximum atomic E-state index is 12.5. The summed E-state index contributed by atoms with van der Waals surface area (Å²) in [5, 5.41) is 12.4. The first kappa shape index (κ1) is 15.4. The van der Waals surface area contributed by atoms with Crippen LogP contribution in [-0.2, 0) is 14.8 Å². The van der Waals surface area contributed by atoms with Gasteiger partial charge in [0, 0.05) is 32.7 Å². The van der Waals surface area contributed by atoms with Crippen molar-refractivity contribution in [2.45, 2.75) is 16.2 Å². The molecule has 0 saturated carbocycles. The molecule has 8 heteroatoms. The predicted octanol–water partition coefficient (Wildman–Crippen LogP) is 0.206. The van der Waals surface area contributed by atoms with Crippen LogP contribution in [0, 0.1) is 0 Å². The summed E-state index contributed by atoms with van der Waals surface area (Å²) in [4.78, 5) is 2.14. The van der Waals surface area contributed by atoms with Crippen LogP contribution in [0.4, 0.5) is 0 Å². The van der Waals surface area contributed by atoms with Gasteiger partial charge in [0.25, 0.3) is 10.0 Å². The van der Waals surface area contributed by atoms with Gasteiger partial charge in [-0.05, 0) is 17.9 Å². The summed E-state index contributed by atoms with van der Waals surface area (Å²) in [5.41, 5.74) is -0.957. The Bertz CT molecular complexity index is 569. The van der Waals surface area contributed by atoms with Crippen molar-refractivity contribution in [1.82, 2.24) is 9.21 Å². The van der Waals surface area contributed by atoms with Gasteiger partial charge in [-0.1, -0.05) is 6.07 Å². The van der Waals surface area contributed by atoms with Crippen LogP contribution in [0.2, 0.25) is 0 Å². The lowest BCUT2D eigenvalue weighted by Gasteiger charge is -2.33. The second-order valence-corrected chi connectivity index (χ2v) is 8.75. The van der Waals surface area contributed by atoms with Gasteiger partial charge in [-0.2, -0.15) is 4.31 Å². The maximum Gasteiger partial charge on any atom is 0.252 e. The van der Waals surface area contributed by atoms with Crippen LogP contribution >= 0.6 is 11.3 Å². The van der Waals surface area contributed by atoms with Gasteiger partial charge < -0.3 is 9.84 Å². The first-order valence-electron chi connectivity index (χ1n) is 7.06. The molecule has 2 saturated heterocycles. The molecular formula is C13H20N2O4S2. The van der Waals surface area contributed by atoms with Gasteiger partial charge in [-0.3, -0.25) is 4.90 Å². The zero-order chi connectivity index (χ0) is 14.9. The van der Waals surface area contributed by atoms with E-state index < -0.39 is 15.6 Å². The van der Waals surface area contributed by atoms with Crippen LogP contribution in [-0.4, -0.2) is 74.3 Å². The summed E-state index contributed by atoms with van der Waals surface area (Å²) >= 11 is 1.21.